The third kappa shape index (κ3) is 5.43. The molecule has 0 bridgehead atoms. The van der Waals surface area contributed by atoms with Crippen molar-refractivity contribution < 1.29 is 4.42 Å². The second-order valence-corrected chi connectivity index (χ2v) is 14.0. The first-order chi connectivity index (χ1) is 27.2. The molecule has 0 unspecified atom stereocenters. The fourth-order valence-electron chi connectivity index (χ4n) is 7.90. The van der Waals surface area contributed by atoms with Crippen LogP contribution in [0.4, 0.5) is 0 Å². The molecule has 0 radical (unpaired) electrons. The summed E-state index contributed by atoms with van der Waals surface area (Å²) in [5.41, 5.74) is 9.03. The first kappa shape index (κ1) is 31.1. The van der Waals surface area contributed by atoms with E-state index in [0.717, 1.165) is 76.9 Å². The topological polar surface area (TPSA) is 51.8 Å². The summed E-state index contributed by atoms with van der Waals surface area (Å²) in [6, 6.07) is 65.9. The zero-order valence-electron chi connectivity index (χ0n) is 29.6. The molecule has 0 fully saturated rings. The molecule has 2 heterocycles. The van der Waals surface area contributed by atoms with Crippen LogP contribution >= 0.6 is 0 Å². The van der Waals surface area contributed by atoms with Crippen molar-refractivity contribution in [1.82, 2.24) is 15.0 Å². The van der Waals surface area contributed by atoms with Crippen LogP contribution < -0.4 is 0 Å². The van der Waals surface area contributed by atoms with Gasteiger partial charge in [0.2, 0.25) is 0 Å². The molecular formula is C51H31N3O. The lowest BCUT2D eigenvalue weighted by molar-refractivity contribution is 0.673. The van der Waals surface area contributed by atoms with Crippen LogP contribution in [0.25, 0.3) is 111 Å². The molecule has 0 spiro atoms. The molecule has 0 amide bonds. The van der Waals surface area contributed by atoms with Gasteiger partial charge < -0.3 is 4.42 Å². The molecule has 4 heteroatoms. The van der Waals surface area contributed by atoms with E-state index in [1.54, 1.807) is 0 Å². The van der Waals surface area contributed by atoms with Gasteiger partial charge in [0.05, 0.1) is 0 Å². The number of furan rings is 1. The number of hydrogen-bond acceptors (Lipinski definition) is 4. The maximum Gasteiger partial charge on any atom is 0.164 e. The van der Waals surface area contributed by atoms with E-state index in [0.29, 0.717) is 17.5 Å². The maximum absolute atomic E-state index is 6.65. The highest BCUT2D eigenvalue weighted by Gasteiger charge is 2.19. The van der Waals surface area contributed by atoms with E-state index in [2.05, 4.69) is 176 Å². The number of para-hydroxylation sites is 1. The molecular weight excluding hydrogens is 671 g/mol. The molecule has 256 valence electrons. The maximum atomic E-state index is 6.65. The van der Waals surface area contributed by atoms with Gasteiger partial charge in [-0.15, -0.1) is 0 Å². The Balaban J connectivity index is 1.12. The minimum absolute atomic E-state index is 0.614. The third-order valence-electron chi connectivity index (χ3n) is 10.7. The van der Waals surface area contributed by atoms with Gasteiger partial charge in [-0.1, -0.05) is 146 Å². The van der Waals surface area contributed by atoms with Gasteiger partial charge in [-0.3, -0.25) is 0 Å². The van der Waals surface area contributed by atoms with Crippen molar-refractivity contribution in [3.05, 3.63) is 188 Å². The largest absolute Gasteiger partial charge is 0.455 e. The highest BCUT2D eigenvalue weighted by molar-refractivity contribution is 6.21. The molecule has 11 rings (SSSR count). The molecule has 11 aromatic rings. The summed E-state index contributed by atoms with van der Waals surface area (Å²) in [7, 11) is 0. The Morgan fingerprint density at radius 3 is 1.53 bits per heavy atom. The molecule has 0 saturated heterocycles. The second-order valence-electron chi connectivity index (χ2n) is 14.0. The van der Waals surface area contributed by atoms with Crippen molar-refractivity contribution in [3.63, 3.8) is 0 Å². The average molecular weight is 702 g/mol. The third-order valence-corrected chi connectivity index (χ3v) is 10.7. The molecule has 0 aliphatic rings. The van der Waals surface area contributed by atoms with Crippen molar-refractivity contribution >= 4 is 54.3 Å². The fraction of sp³-hybridized carbons (Fsp3) is 0. The zero-order chi connectivity index (χ0) is 36.3. The Kier molecular flexibility index (Phi) is 7.14. The predicted molar refractivity (Wildman–Crippen MR) is 227 cm³/mol. The van der Waals surface area contributed by atoms with Gasteiger partial charge in [0.15, 0.2) is 17.5 Å². The van der Waals surface area contributed by atoms with Crippen molar-refractivity contribution in [2.24, 2.45) is 0 Å². The van der Waals surface area contributed by atoms with E-state index in [1.165, 1.54) is 16.3 Å². The van der Waals surface area contributed by atoms with E-state index in [1.807, 2.05) is 12.1 Å². The van der Waals surface area contributed by atoms with Crippen LogP contribution in [0.15, 0.2) is 192 Å². The van der Waals surface area contributed by atoms with E-state index in [-0.39, 0.29) is 0 Å². The highest BCUT2D eigenvalue weighted by Crippen LogP contribution is 2.43. The minimum atomic E-state index is 0.614. The van der Waals surface area contributed by atoms with Crippen molar-refractivity contribution in [1.29, 1.82) is 0 Å². The van der Waals surface area contributed by atoms with Crippen LogP contribution in [0.3, 0.4) is 0 Å². The quantitative estimate of drug-likeness (QED) is 0.179. The van der Waals surface area contributed by atoms with Gasteiger partial charge in [-0.25, -0.2) is 15.0 Å². The van der Waals surface area contributed by atoms with Gasteiger partial charge in [0.1, 0.15) is 11.2 Å². The van der Waals surface area contributed by atoms with Crippen molar-refractivity contribution in [2.75, 3.05) is 0 Å². The molecule has 9 aromatic carbocycles. The average Bonchev–Trinajstić information content (AvgIpc) is 3.66. The summed E-state index contributed by atoms with van der Waals surface area (Å²) in [6.45, 7) is 0. The van der Waals surface area contributed by atoms with Crippen molar-refractivity contribution in [2.45, 2.75) is 0 Å². The predicted octanol–water partition coefficient (Wildman–Crippen LogP) is 13.6. The molecule has 0 saturated carbocycles. The lowest BCUT2D eigenvalue weighted by Gasteiger charge is -2.12. The first-order valence-electron chi connectivity index (χ1n) is 18.5. The molecule has 55 heavy (non-hydrogen) atoms. The van der Waals surface area contributed by atoms with Crippen LogP contribution in [-0.2, 0) is 0 Å². The number of rotatable bonds is 5. The Bertz CT molecular complexity index is 3180. The normalized spacial score (nSPS) is 11.6. The molecule has 0 N–H and O–H groups in total. The molecule has 2 aromatic heterocycles. The molecule has 0 atom stereocenters. The lowest BCUT2D eigenvalue weighted by Crippen LogP contribution is -2.00. The SMILES string of the molecule is c1ccc(-c2ccc3c(c2)cc(-c2cccc(-c4nc(-c5ccc6ccccc6c5)nc(-c5ccc6ccccc6c5)n4)c2)c2c4ccccc4oc32)cc1. The van der Waals surface area contributed by atoms with Crippen LogP contribution in [-0.4, -0.2) is 15.0 Å². The Labute approximate surface area is 317 Å². The zero-order valence-corrected chi connectivity index (χ0v) is 29.6. The number of benzene rings is 9. The Morgan fingerprint density at radius 2 is 0.836 bits per heavy atom. The van der Waals surface area contributed by atoms with Gasteiger partial charge in [0, 0.05) is 32.8 Å². The standard InChI is InChI=1S/C51H31N3O/c1-2-11-32(12-3-1)37-25-26-43-42(29-37)31-45(47-44-19-8-9-20-46(44)55-48(43)47)38-17-10-18-39(30-38)49-52-50(40-23-21-33-13-4-6-15-35(33)27-40)54-51(53-49)41-24-22-34-14-5-7-16-36(34)28-41/h1-31H. The number of aromatic nitrogens is 3. The van der Waals surface area contributed by atoms with Gasteiger partial charge in [-0.2, -0.15) is 0 Å². The Hall–Kier alpha value is -7.43. The lowest BCUT2D eigenvalue weighted by atomic mass is 9.93. The number of fused-ring (bicyclic) bond motifs is 7. The molecule has 0 aliphatic carbocycles. The summed E-state index contributed by atoms with van der Waals surface area (Å²) < 4.78 is 6.65. The summed E-state index contributed by atoms with van der Waals surface area (Å²) in [5.74, 6) is 1.88. The summed E-state index contributed by atoms with van der Waals surface area (Å²) >= 11 is 0. The van der Waals surface area contributed by atoms with Crippen LogP contribution in [0.2, 0.25) is 0 Å². The van der Waals surface area contributed by atoms with Gasteiger partial charge in [0.25, 0.3) is 0 Å². The second kappa shape index (κ2) is 12.6. The van der Waals surface area contributed by atoms with Crippen LogP contribution in [0, 0.1) is 0 Å². The highest BCUT2D eigenvalue weighted by atomic mass is 16.3. The summed E-state index contributed by atoms with van der Waals surface area (Å²) in [4.78, 5) is 15.4. The van der Waals surface area contributed by atoms with E-state index < -0.39 is 0 Å². The minimum Gasteiger partial charge on any atom is -0.455 e. The Morgan fingerprint density at radius 1 is 0.309 bits per heavy atom. The van der Waals surface area contributed by atoms with Gasteiger partial charge >= 0.3 is 0 Å². The number of nitrogens with zero attached hydrogens (tertiary/aromatic N) is 3. The van der Waals surface area contributed by atoms with Crippen LogP contribution in [0.5, 0.6) is 0 Å². The monoisotopic (exact) mass is 701 g/mol. The molecule has 4 nitrogen and oxygen atoms in total. The summed E-state index contributed by atoms with van der Waals surface area (Å²) in [5, 5.41) is 9.01. The molecule has 0 aliphatic heterocycles. The fourth-order valence-corrected chi connectivity index (χ4v) is 7.90. The van der Waals surface area contributed by atoms with E-state index in [4.69, 9.17) is 19.4 Å². The first-order valence-corrected chi connectivity index (χ1v) is 18.5. The van der Waals surface area contributed by atoms with E-state index >= 15 is 0 Å². The van der Waals surface area contributed by atoms with Crippen molar-refractivity contribution in [3.8, 4) is 56.4 Å². The number of hydrogen-bond donors (Lipinski definition) is 0. The summed E-state index contributed by atoms with van der Waals surface area (Å²) in [6.07, 6.45) is 0. The van der Waals surface area contributed by atoms with Crippen LogP contribution in [0.1, 0.15) is 0 Å². The van der Waals surface area contributed by atoms with E-state index in [9.17, 15) is 0 Å². The smallest absolute Gasteiger partial charge is 0.164 e. The van der Waals surface area contributed by atoms with Gasteiger partial charge in [-0.05, 0) is 91.6 Å².